The Morgan fingerprint density at radius 3 is 2.78 bits per heavy atom. The Morgan fingerprint density at radius 2 is 2.11 bits per heavy atom. The van der Waals surface area contributed by atoms with Crippen LogP contribution >= 0.6 is 31.9 Å². The first-order valence-electron chi connectivity index (χ1n) is 5.06. The number of hydrogen-bond acceptors (Lipinski definition) is 2. The average Bonchev–Trinajstić information content (AvgIpc) is 2.76. The number of imidazole rings is 1. The number of alkyl halides is 2. The van der Waals surface area contributed by atoms with E-state index in [-0.39, 0.29) is 6.54 Å². The van der Waals surface area contributed by atoms with Crippen LogP contribution in [0, 0.1) is 0 Å². The molecule has 7 heteroatoms. The molecule has 0 spiro atoms. The van der Waals surface area contributed by atoms with Crippen molar-refractivity contribution in [2.24, 2.45) is 0 Å². The molecule has 0 bridgehead atoms. The van der Waals surface area contributed by atoms with Crippen molar-refractivity contribution >= 4 is 37.5 Å². The predicted octanol–water partition coefficient (Wildman–Crippen LogP) is 4.42. The van der Waals surface area contributed by atoms with Gasteiger partial charge in [-0.2, -0.15) is 8.78 Å². The van der Waals surface area contributed by atoms with Crippen molar-refractivity contribution in [2.75, 3.05) is 5.32 Å². The van der Waals surface area contributed by atoms with E-state index in [0.717, 1.165) is 19.2 Å². The predicted molar refractivity (Wildman–Crippen MR) is 72.6 cm³/mol. The van der Waals surface area contributed by atoms with E-state index >= 15 is 0 Å². The van der Waals surface area contributed by atoms with Crippen LogP contribution in [0.1, 0.15) is 12.4 Å². The number of nitrogens with zero attached hydrogens (tertiary/aromatic N) is 2. The molecule has 0 unspecified atom stereocenters. The number of nitrogens with one attached hydrogen (secondary N) is 1. The molecule has 96 valence electrons. The lowest BCUT2D eigenvalue weighted by Gasteiger charge is -2.10. The summed E-state index contributed by atoms with van der Waals surface area (Å²) in [6, 6.07) is 5.60. The smallest absolute Gasteiger partial charge is 0.319 e. The summed E-state index contributed by atoms with van der Waals surface area (Å²) < 4.78 is 27.8. The molecule has 1 heterocycles. The van der Waals surface area contributed by atoms with Gasteiger partial charge in [0.1, 0.15) is 5.82 Å². The van der Waals surface area contributed by atoms with Gasteiger partial charge in [-0.3, -0.25) is 4.57 Å². The Balaban J connectivity index is 2.09. The van der Waals surface area contributed by atoms with E-state index in [1.807, 2.05) is 18.2 Å². The van der Waals surface area contributed by atoms with E-state index in [1.54, 1.807) is 0 Å². The highest BCUT2D eigenvalue weighted by atomic mass is 79.9. The van der Waals surface area contributed by atoms with Gasteiger partial charge >= 0.3 is 6.55 Å². The van der Waals surface area contributed by atoms with Crippen LogP contribution < -0.4 is 5.32 Å². The molecule has 0 aliphatic rings. The number of halogens is 4. The van der Waals surface area contributed by atoms with Gasteiger partial charge in [0, 0.05) is 27.0 Å². The summed E-state index contributed by atoms with van der Waals surface area (Å²) in [7, 11) is 0. The summed E-state index contributed by atoms with van der Waals surface area (Å²) in [5.41, 5.74) is 0.821. The topological polar surface area (TPSA) is 29.9 Å². The third kappa shape index (κ3) is 3.08. The van der Waals surface area contributed by atoms with Crippen molar-refractivity contribution in [3.63, 3.8) is 0 Å². The van der Waals surface area contributed by atoms with Crippen LogP contribution in [-0.2, 0) is 6.54 Å². The summed E-state index contributed by atoms with van der Waals surface area (Å²) in [6.07, 6.45) is 2.62. The monoisotopic (exact) mass is 379 g/mol. The second-order valence-corrected chi connectivity index (χ2v) is 5.28. The summed E-state index contributed by atoms with van der Waals surface area (Å²) >= 11 is 6.73. The second kappa shape index (κ2) is 5.79. The first-order valence-corrected chi connectivity index (χ1v) is 6.65. The number of hydrogen-bond donors (Lipinski definition) is 1. The Morgan fingerprint density at radius 1 is 1.33 bits per heavy atom. The zero-order valence-corrected chi connectivity index (χ0v) is 12.2. The molecular formula is C11H9Br2F2N3. The molecule has 0 saturated carbocycles. The van der Waals surface area contributed by atoms with Gasteiger partial charge in [0.25, 0.3) is 0 Å². The standard InChI is InChI=1S/C11H9Br2F2N3/c12-7-1-2-9(8(13)5-7)17-6-10-16-3-4-18(10)11(14)15/h1-5,11,17H,6H2. The van der Waals surface area contributed by atoms with Crippen LogP contribution in [-0.4, -0.2) is 9.55 Å². The first-order chi connectivity index (χ1) is 8.58. The van der Waals surface area contributed by atoms with Gasteiger partial charge < -0.3 is 5.32 Å². The summed E-state index contributed by atoms with van der Waals surface area (Å²) in [6.45, 7) is -2.34. The van der Waals surface area contributed by atoms with E-state index in [2.05, 4.69) is 42.2 Å². The minimum Gasteiger partial charge on any atom is -0.377 e. The molecule has 0 amide bonds. The van der Waals surface area contributed by atoms with Crippen LogP contribution in [0.4, 0.5) is 14.5 Å². The number of aromatic nitrogens is 2. The van der Waals surface area contributed by atoms with Crippen molar-refractivity contribution < 1.29 is 8.78 Å². The molecule has 0 aliphatic carbocycles. The Labute approximate surface area is 119 Å². The lowest BCUT2D eigenvalue weighted by Crippen LogP contribution is -2.09. The summed E-state index contributed by atoms with van der Waals surface area (Å²) in [5.74, 6) is 0.291. The first kappa shape index (κ1) is 13.5. The number of rotatable bonds is 4. The molecule has 0 aliphatic heterocycles. The highest BCUT2D eigenvalue weighted by Crippen LogP contribution is 2.26. The fourth-order valence-electron chi connectivity index (χ4n) is 1.47. The van der Waals surface area contributed by atoms with Gasteiger partial charge in [0.15, 0.2) is 0 Å². The molecule has 0 radical (unpaired) electrons. The minimum absolute atomic E-state index is 0.234. The van der Waals surface area contributed by atoms with Crippen LogP contribution in [0.2, 0.25) is 0 Å². The van der Waals surface area contributed by atoms with E-state index in [4.69, 9.17) is 0 Å². The SMILES string of the molecule is FC(F)n1ccnc1CNc1ccc(Br)cc1Br. The van der Waals surface area contributed by atoms with Crippen molar-refractivity contribution in [3.05, 3.63) is 45.4 Å². The van der Waals surface area contributed by atoms with Crippen LogP contribution in [0.15, 0.2) is 39.5 Å². The molecule has 2 rings (SSSR count). The van der Waals surface area contributed by atoms with Crippen molar-refractivity contribution in [1.82, 2.24) is 9.55 Å². The molecular weight excluding hydrogens is 372 g/mol. The van der Waals surface area contributed by atoms with Gasteiger partial charge in [-0.25, -0.2) is 4.98 Å². The summed E-state index contributed by atoms with van der Waals surface area (Å²) in [5, 5.41) is 3.05. The van der Waals surface area contributed by atoms with E-state index in [1.165, 1.54) is 12.4 Å². The second-order valence-electron chi connectivity index (χ2n) is 3.51. The molecule has 0 fully saturated rings. The van der Waals surface area contributed by atoms with E-state index in [9.17, 15) is 8.78 Å². The molecule has 3 nitrogen and oxygen atoms in total. The molecule has 2 aromatic rings. The van der Waals surface area contributed by atoms with Gasteiger partial charge in [-0.15, -0.1) is 0 Å². The third-order valence-corrected chi connectivity index (χ3v) is 3.48. The quantitative estimate of drug-likeness (QED) is 0.851. The van der Waals surface area contributed by atoms with Gasteiger partial charge in [-0.1, -0.05) is 15.9 Å². The van der Waals surface area contributed by atoms with Gasteiger partial charge in [0.2, 0.25) is 0 Å². The maximum atomic E-state index is 12.6. The Kier molecular flexibility index (Phi) is 4.34. The maximum Gasteiger partial charge on any atom is 0.319 e. The fourth-order valence-corrected chi connectivity index (χ4v) is 2.65. The largest absolute Gasteiger partial charge is 0.377 e. The number of anilines is 1. The van der Waals surface area contributed by atoms with Gasteiger partial charge in [0.05, 0.1) is 6.54 Å². The lowest BCUT2D eigenvalue weighted by molar-refractivity contribution is 0.0673. The molecule has 1 N–H and O–H groups in total. The molecule has 18 heavy (non-hydrogen) atoms. The summed E-state index contributed by atoms with van der Waals surface area (Å²) in [4.78, 5) is 3.90. The van der Waals surface area contributed by atoms with Crippen molar-refractivity contribution in [3.8, 4) is 0 Å². The highest BCUT2D eigenvalue weighted by molar-refractivity contribution is 9.11. The zero-order valence-electron chi connectivity index (χ0n) is 9.08. The van der Waals surface area contributed by atoms with Crippen LogP contribution in [0.25, 0.3) is 0 Å². The normalized spacial score (nSPS) is 10.9. The van der Waals surface area contributed by atoms with Crippen LogP contribution in [0.3, 0.4) is 0 Å². The lowest BCUT2D eigenvalue weighted by atomic mass is 10.3. The highest BCUT2D eigenvalue weighted by Gasteiger charge is 2.11. The fraction of sp³-hybridized carbons (Fsp3) is 0.182. The zero-order chi connectivity index (χ0) is 13.1. The van der Waals surface area contributed by atoms with E-state index in [0.29, 0.717) is 5.82 Å². The molecule has 0 atom stereocenters. The number of benzene rings is 1. The molecule has 1 aromatic carbocycles. The van der Waals surface area contributed by atoms with Crippen LogP contribution in [0.5, 0.6) is 0 Å². The Hall–Kier alpha value is -0.950. The molecule has 1 aromatic heterocycles. The minimum atomic E-state index is -2.57. The van der Waals surface area contributed by atoms with E-state index < -0.39 is 6.55 Å². The van der Waals surface area contributed by atoms with Gasteiger partial charge in [-0.05, 0) is 34.1 Å². The maximum absolute atomic E-state index is 12.6. The molecule has 0 saturated heterocycles. The average molecular weight is 381 g/mol. The Bertz CT molecular complexity index is 543. The van der Waals surface area contributed by atoms with Crippen molar-refractivity contribution in [1.29, 1.82) is 0 Å². The third-order valence-electron chi connectivity index (χ3n) is 2.33. The van der Waals surface area contributed by atoms with Crippen molar-refractivity contribution in [2.45, 2.75) is 13.1 Å².